The summed E-state index contributed by atoms with van der Waals surface area (Å²) in [5, 5.41) is 6.85. The van der Waals surface area contributed by atoms with Crippen LogP contribution < -0.4 is 10.6 Å². The number of aryl methyl sites for hydroxylation is 1. The van der Waals surface area contributed by atoms with Gasteiger partial charge in [-0.05, 0) is 57.0 Å². The summed E-state index contributed by atoms with van der Waals surface area (Å²) in [7, 11) is 4.05. The summed E-state index contributed by atoms with van der Waals surface area (Å²) >= 11 is 0. The van der Waals surface area contributed by atoms with Gasteiger partial charge in [0.2, 0.25) is 0 Å². The number of hydrogen-bond donors (Lipinski definition) is 2. The molecular formula is C17H30N2. The van der Waals surface area contributed by atoms with Gasteiger partial charge in [0, 0.05) is 11.6 Å². The average Bonchev–Trinajstić information content (AvgIpc) is 2.30. The molecule has 2 N–H and O–H groups in total. The van der Waals surface area contributed by atoms with E-state index in [-0.39, 0.29) is 11.0 Å². The Morgan fingerprint density at radius 2 is 1.58 bits per heavy atom. The molecule has 2 heteroatoms. The van der Waals surface area contributed by atoms with E-state index in [0.717, 1.165) is 0 Å². The Morgan fingerprint density at radius 1 is 1.00 bits per heavy atom. The van der Waals surface area contributed by atoms with Crippen LogP contribution in [-0.2, 0) is 5.41 Å². The van der Waals surface area contributed by atoms with E-state index in [0.29, 0.717) is 6.04 Å². The largest absolute Gasteiger partial charge is 0.313 e. The molecule has 0 aliphatic carbocycles. The van der Waals surface area contributed by atoms with E-state index in [1.807, 2.05) is 14.1 Å². The molecule has 0 amide bonds. The van der Waals surface area contributed by atoms with Crippen molar-refractivity contribution in [2.75, 3.05) is 14.1 Å². The van der Waals surface area contributed by atoms with Crippen molar-refractivity contribution in [3.05, 3.63) is 34.9 Å². The van der Waals surface area contributed by atoms with Gasteiger partial charge in [0.05, 0.1) is 0 Å². The van der Waals surface area contributed by atoms with Crippen molar-refractivity contribution in [2.24, 2.45) is 0 Å². The average molecular weight is 262 g/mol. The Balaban J connectivity index is 3.21. The van der Waals surface area contributed by atoms with Crippen LogP contribution in [0.5, 0.6) is 0 Å². The minimum absolute atomic E-state index is 0.0166. The third-order valence-electron chi connectivity index (χ3n) is 4.10. The van der Waals surface area contributed by atoms with Gasteiger partial charge in [-0.3, -0.25) is 0 Å². The molecule has 108 valence electrons. The first kappa shape index (κ1) is 16.2. The molecular weight excluding hydrogens is 232 g/mol. The first-order valence-electron chi connectivity index (χ1n) is 7.10. The fourth-order valence-electron chi connectivity index (χ4n) is 2.52. The van der Waals surface area contributed by atoms with Gasteiger partial charge >= 0.3 is 0 Å². The zero-order valence-electron chi connectivity index (χ0n) is 13.8. The summed E-state index contributed by atoms with van der Waals surface area (Å²) < 4.78 is 0. The summed E-state index contributed by atoms with van der Waals surface area (Å²) in [4.78, 5) is 0. The molecule has 0 heterocycles. The molecule has 0 spiro atoms. The van der Waals surface area contributed by atoms with E-state index in [9.17, 15) is 0 Å². The molecule has 1 aromatic carbocycles. The maximum absolute atomic E-state index is 3.45. The minimum atomic E-state index is 0.0166. The standard InChI is InChI=1S/C17H30N2/c1-12-11-13(16(2,3)4)9-10-14(12)15(18-7)17(5,6)19-8/h9-11,15,18-19H,1-8H3. The predicted molar refractivity (Wildman–Crippen MR) is 84.8 cm³/mol. The normalized spacial score (nSPS) is 14.5. The molecule has 0 saturated heterocycles. The summed E-state index contributed by atoms with van der Waals surface area (Å²) in [5.41, 5.74) is 4.34. The maximum atomic E-state index is 3.45. The number of benzene rings is 1. The van der Waals surface area contributed by atoms with Crippen molar-refractivity contribution in [2.45, 2.75) is 58.5 Å². The van der Waals surface area contributed by atoms with Crippen LogP contribution in [0.2, 0.25) is 0 Å². The molecule has 1 unspecified atom stereocenters. The molecule has 0 aliphatic heterocycles. The number of rotatable bonds is 4. The Hall–Kier alpha value is -0.860. The van der Waals surface area contributed by atoms with Gasteiger partial charge in [0.1, 0.15) is 0 Å². The van der Waals surface area contributed by atoms with E-state index in [2.05, 4.69) is 70.4 Å². The molecule has 2 nitrogen and oxygen atoms in total. The fourth-order valence-corrected chi connectivity index (χ4v) is 2.52. The third kappa shape index (κ3) is 3.58. The Bertz CT molecular complexity index is 427. The molecule has 0 aromatic heterocycles. The molecule has 1 atom stereocenters. The summed E-state index contributed by atoms with van der Waals surface area (Å²) in [5.74, 6) is 0. The summed E-state index contributed by atoms with van der Waals surface area (Å²) in [6.45, 7) is 13.4. The number of hydrogen-bond acceptors (Lipinski definition) is 2. The molecule has 0 radical (unpaired) electrons. The highest BCUT2D eigenvalue weighted by Gasteiger charge is 2.29. The van der Waals surface area contributed by atoms with Gasteiger partial charge in [-0.15, -0.1) is 0 Å². The van der Waals surface area contributed by atoms with E-state index >= 15 is 0 Å². The second-order valence-corrected chi connectivity index (χ2v) is 7.01. The quantitative estimate of drug-likeness (QED) is 0.867. The highest BCUT2D eigenvalue weighted by molar-refractivity contribution is 5.37. The van der Waals surface area contributed by atoms with E-state index in [1.54, 1.807) is 0 Å². The van der Waals surface area contributed by atoms with Crippen molar-refractivity contribution < 1.29 is 0 Å². The lowest BCUT2D eigenvalue weighted by Gasteiger charge is -2.35. The Labute approximate surface area is 119 Å². The molecule has 1 aromatic rings. The van der Waals surface area contributed by atoms with Crippen molar-refractivity contribution in [1.82, 2.24) is 10.6 Å². The molecule has 1 rings (SSSR count). The van der Waals surface area contributed by atoms with Crippen LogP contribution in [0.3, 0.4) is 0 Å². The molecule has 0 saturated carbocycles. The van der Waals surface area contributed by atoms with E-state index in [1.165, 1.54) is 16.7 Å². The van der Waals surface area contributed by atoms with Crippen LogP contribution in [0.15, 0.2) is 18.2 Å². The SMILES string of the molecule is CNC(c1ccc(C(C)(C)C)cc1C)C(C)(C)NC. The molecule has 0 fully saturated rings. The van der Waals surface area contributed by atoms with Gasteiger partial charge in [-0.25, -0.2) is 0 Å². The third-order valence-corrected chi connectivity index (χ3v) is 4.10. The number of likely N-dealkylation sites (N-methyl/N-ethyl adjacent to an activating group) is 2. The Kier molecular flexibility index (Phi) is 4.81. The summed E-state index contributed by atoms with van der Waals surface area (Å²) in [6, 6.07) is 7.16. The fraction of sp³-hybridized carbons (Fsp3) is 0.647. The van der Waals surface area contributed by atoms with Crippen molar-refractivity contribution in [3.8, 4) is 0 Å². The van der Waals surface area contributed by atoms with Gasteiger partial charge < -0.3 is 10.6 Å². The van der Waals surface area contributed by atoms with Crippen LogP contribution in [0.25, 0.3) is 0 Å². The zero-order valence-corrected chi connectivity index (χ0v) is 13.8. The topological polar surface area (TPSA) is 24.1 Å². The van der Waals surface area contributed by atoms with Gasteiger partial charge in [-0.1, -0.05) is 39.0 Å². The van der Waals surface area contributed by atoms with Crippen LogP contribution in [0.4, 0.5) is 0 Å². The lowest BCUT2D eigenvalue weighted by Crippen LogP contribution is -2.47. The number of nitrogens with one attached hydrogen (secondary N) is 2. The van der Waals surface area contributed by atoms with Gasteiger partial charge in [-0.2, -0.15) is 0 Å². The maximum Gasteiger partial charge on any atom is 0.0499 e. The smallest absolute Gasteiger partial charge is 0.0499 e. The van der Waals surface area contributed by atoms with Crippen LogP contribution in [0, 0.1) is 6.92 Å². The van der Waals surface area contributed by atoms with Crippen LogP contribution in [0.1, 0.15) is 57.4 Å². The van der Waals surface area contributed by atoms with Crippen LogP contribution >= 0.6 is 0 Å². The molecule has 19 heavy (non-hydrogen) atoms. The molecule has 0 aliphatic rings. The lowest BCUT2D eigenvalue weighted by molar-refractivity contribution is 0.310. The van der Waals surface area contributed by atoms with Gasteiger partial charge in [0.25, 0.3) is 0 Å². The van der Waals surface area contributed by atoms with Crippen LogP contribution in [-0.4, -0.2) is 19.6 Å². The van der Waals surface area contributed by atoms with Crippen molar-refractivity contribution in [1.29, 1.82) is 0 Å². The zero-order chi connectivity index (χ0) is 14.8. The highest BCUT2D eigenvalue weighted by Crippen LogP contribution is 2.31. The monoisotopic (exact) mass is 262 g/mol. The van der Waals surface area contributed by atoms with Gasteiger partial charge in [0.15, 0.2) is 0 Å². The molecule has 0 bridgehead atoms. The second-order valence-electron chi connectivity index (χ2n) is 7.01. The highest BCUT2D eigenvalue weighted by atomic mass is 15.0. The van der Waals surface area contributed by atoms with E-state index in [4.69, 9.17) is 0 Å². The predicted octanol–water partition coefficient (Wildman–Crippen LogP) is 3.55. The summed E-state index contributed by atoms with van der Waals surface area (Å²) in [6.07, 6.45) is 0. The minimum Gasteiger partial charge on any atom is -0.313 e. The van der Waals surface area contributed by atoms with Crippen molar-refractivity contribution in [3.63, 3.8) is 0 Å². The first-order valence-corrected chi connectivity index (χ1v) is 7.10. The van der Waals surface area contributed by atoms with Crippen molar-refractivity contribution >= 4 is 0 Å². The van der Waals surface area contributed by atoms with E-state index < -0.39 is 0 Å². The lowest BCUT2D eigenvalue weighted by atomic mass is 9.81. The first-order chi connectivity index (χ1) is 8.63. The Morgan fingerprint density at radius 3 is 1.95 bits per heavy atom. The second kappa shape index (κ2) is 5.64.